The van der Waals surface area contributed by atoms with Crippen molar-refractivity contribution in [2.24, 2.45) is 0 Å². The average Bonchev–Trinajstić information content (AvgIpc) is 2.03. The molecule has 4 heteroatoms. The van der Waals surface area contributed by atoms with Gasteiger partial charge in [0.25, 0.3) is 0 Å². The summed E-state index contributed by atoms with van der Waals surface area (Å²) < 4.78 is 0. The van der Waals surface area contributed by atoms with Crippen LogP contribution in [0.1, 0.15) is 22.8 Å². The summed E-state index contributed by atoms with van der Waals surface area (Å²) >= 11 is 0. The second-order valence-corrected chi connectivity index (χ2v) is 2.65. The van der Waals surface area contributed by atoms with Crippen LogP contribution in [-0.2, 0) is 6.42 Å². The Morgan fingerprint density at radius 3 is 2.08 bits per heavy atom. The highest BCUT2D eigenvalue weighted by Crippen LogP contribution is 2.28. The summed E-state index contributed by atoms with van der Waals surface area (Å²) in [6.07, 6.45) is 0.456. The average molecular weight is 182 g/mol. The first-order chi connectivity index (χ1) is 6.06. The van der Waals surface area contributed by atoms with E-state index in [1.807, 2.05) is 0 Å². The van der Waals surface area contributed by atoms with Crippen LogP contribution in [0.3, 0.4) is 0 Å². The Kier molecular flexibility index (Phi) is 2.41. The molecular weight excluding hydrogens is 172 g/mol. The van der Waals surface area contributed by atoms with Crippen molar-refractivity contribution in [2.45, 2.75) is 13.3 Å². The fourth-order valence-corrected chi connectivity index (χ4v) is 1.13. The van der Waals surface area contributed by atoms with Gasteiger partial charge in [0, 0.05) is 5.56 Å². The van der Waals surface area contributed by atoms with Gasteiger partial charge in [-0.3, -0.25) is 0 Å². The molecule has 0 unspecified atom stereocenters. The van der Waals surface area contributed by atoms with Crippen molar-refractivity contribution in [3.63, 3.8) is 0 Å². The Morgan fingerprint density at radius 1 is 1.31 bits per heavy atom. The molecule has 0 amide bonds. The minimum absolute atomic E-state index is 0.118. The monoisotopic (exact) mass is 182 g/mol. The molecule has 1 rings (SSSR count). The van der Waals surface area contributed by atoms with E-state index < -0.39 is 5.97 Å². The van der Waals surface area contributed by atoms with Crippen molar-refractivity contribution in [3.8, 4) is 11.5 Å². The zero-order valence-corrected chi connectivity index (χ0v) is 7.11. The molecule has 0 bridgehead atoms. The van der Waals surface area contributed by atoms with Crippen LogP contribution < -0.4 is 0 Å². The Morgan fingerprint density at radius 2 is 1.77 bits per heavy atom. The maximum atomic E-state index is 10.5. The summed E-state index contributed by atoms with van der Waals surface area (Å²) in [6, 6.07) is 2.25. The Labute approximate surface area is 75.1 Å². The van der Waals surface area contributed by atoms with E-state index in [2.05, 4.69) is 0 Å². The summed E-state index contributed by atoms with van der Waals surface area (Å²) in [6.45, 7) is 1.76. The van der Waals surface area contributed by atoms with Crippen LogP contribution in [-0.4, -0.2) is 21.3 Å². The molecule has 0 heterocycles. The molecule has 3 N–H and O–H groups in total. The first-order valence-corrected chi connectivity index (χ1v) is 3.84. The van der Waals surface area contributed by atoms with Gasteiger partial charge in [0.1, 0.15) is 11.5 Å². The molecule has 0 atom stereocenters. The van der Waals surface area contributed by atoms with Gasteiger partial charge in [-0.25, -0.2) is 4.79 Å². The maximum Gasteiger partial charge on any atom is 0.335 e. The first kappa shape index (κ1) is 9.38. The molecule has 4 nitrogen and oxygen atoms in total. The number of hydrogen-bond donors (Lipinski definition) is 3. The summed E-state index contributed by atoms with van der Waals surface area (Å²) in [5, 5.41) is 27.2. The van der Waals surface area contributed by atoms with E-state index in [0.717, 1.165) is 12.1 Å². The van der Waals surface area contributed by atoms with Crippen LogP contribution in [0.5, 0.6) is 11.5 Å². The SMILES string of the molecule is CCc1c(O)cc(C(=O)O)cc1O. The number of benzene rings is 1. The topological polar surface area (TPSA) is 77.8 Å². The van der Waals surface area contributed by atoms with Crippen LogP contribution in [0, 0.1) is 0 Å². The van der Waals surface area contributed by atoms with Crippen LogP contribution in [0.4, 0.5) is 0 Å². The molecule has 0 radical (unpaired) electrons. The van der Waals surface area contributed by atoms with Gasteiger partial charge in [-0.2, -0.15) is 0 Å². The normalized spacial score (nSPS) is 9.92. The Hall–Kier alpha value is -1.71. The summed E-state index contributed by atoms with van der Waals surface area (Å²) in [5.74, 6) is -1.53. The largest absolute Gasteiger partial charge is 0.508 e. The van der Waals surface area contributed by atoms with Crippen LogP contribution in [0.25, 0.3) is 0 Å². The third-order valence-electron chi connectivity index (χ3n) is 1.80. The minimum atomic E-state index is -1.17. The van der Waals surface area contributed by atoms with Crippen LogP contribution in [0.15, 0.2) is 12.1 Å². The molecule has 13 heavy (non-hydrogen) atoms. The van der Waals surface area contributed by atoms with Gasteiger partial charge in [0.05, 0.1) is 5.56 Å². The van der Waals surface area contributed by atoms with Crippen molar-refractivity contribution < 1.29 is 20.1 Å². The number of rotatable bonds is 2. The zero-order chi connectivity index (χ0) is 10.0. The maximum absolute atomic E-state index is 10.5. The van der Waals surface area contributed by atoms with Gasteiger partial charge in [-0.05, 0) is 18.6 Å². The number of aromatic carboxylic acids is 1. The van der Waals surface area contributed by atoms with Crippen molar-refractivity contribution in [3.05, 3.63) is 23.3 Å². The lowest BCUT2D eigenvalue weighted by Gasteiger charge is -2.05. The number of carboxylic acids is 1. The highest BCUT2D eigenvalue weighted by atomic mass is 16.4. The van der Waals surface area contributed by atoms with E-state index in [9.17, 15) is 15.0 Å². The number of aromatic hydroxyl groups is 2. The number of phenols is 2. The molecule has 0 aliphatic rings. The third-order valence-corrected chi connectivity index (χ3v) is 1.80. The first-order valence-electron chi connectivity index (χ1n) is 3.84. The summed E-state index contributed by atoms with van der Waals surface area (Å²) in [7, 11) is 0. The zero-order valence-electron chi connectivity index (χ0n) is 7.11. The molecule has 0 aliphatic carbocycles. The van der Waals surface area contributed by atoms with Crippen molar-refractivity contribution in [2.75, 3.05) is 0 Å². The quantitative estimate of drug-likeness (QED) is 0.645. The van der Waals surface area contributed by atoms with E-state index in [4.69, 9.17) is 5.11 Å². The second kappa shape index (κ2) is 3.35. The molecule has 1 aromatic carbocycles. The van der Waals surface area contributed by atoms with Crippen LogP contribution in [0.2, 0.25) is 0 Å². The molecular formula is C9H10O4. The fraction of sp³-hybridized carbons (Fsp3) is 0.222. The standard InChI is InChI=1S/C9H10O4/c1-2-6-7(10)3-5(9(12)13)4-8(6)11/h3-4,10-11H,2H2,1H3,(H,12,13). The molecule has 0 spiro atoms. The molecule has 0 fully saturated rings. The van der Waals surface area contributed by atoms with Crippen molar-refractivity contribution in [1.82, 2.24) is 0 Å². The smallest absolute Gasteiger partial charge is 0.335 e. The highest BCUT2D eigenvalue weighted by Gasteiger charge is 2.11. The van der Waals surface area contributed by atoms with E-state index in [1.54, 1.807) is 6.92 Å². The Balaban J connectivity index is 3.28. The van der Waals surface area contributed by atoms with Gasteiger partial charge in [-0.1, -0.05) is 6.92 Å². The van der Waals surface area contributed by atoms with E-state index in [-0.39, 0.29) is 17.1 Å². The summed E-state index contributed by atoms with van der Waals surface area (Å²) in [4.78, 5) is 10.5. The molecule has 0 aromatic heterocycles. The van der Waals surface area contributed by atoms with Crippen molar-refractivity contribution >= 4 is 5.97 Å². The fourth-order valence-electron chi connectivity index (χ4n) is 1.13. The molecule has 1 aromatic rings. The lowest BCUT2D eigenvalue weighted by atomic mass is 10.1. The van der Waals surface area contributed by atoms with Gasteiger partial charge in [0.15, 0.2) is 0 Å². The van der Waals surface area contributed by atoms with Gasteiger partial charge < -0.3 is 15.3 Å². The third kappa shape index (κ3) is 1.72. The number of carboxylic acid groups (broad SMARTS) is 1. The van der Waals surface area contributed by atoms with E-state index in [1.165, 1.54) is 0 Å². The lowest BCUT2D eigenvalue weighted by molar-refractivity contribution is 0.0696. The Bertz CT molecular complexity index is 320. The van der Waals surface area contributed by atoms with E-state index >= 15 is 0 Å². The summed E-state index contributed by atoms with van der Waals surface area (Å²) in [5.41, 5.74) is 0.247. The molecule has 0 saturated carbocycles. The highest BCUT2D eigenvalue weighted by molar-refractivity contribution is 5.89. The van der Waals surface area contributed by atoms with Gasteiger partial charge in [0.2, 0.25) is 0 Å². The minimum Gasteiger partial charge on any atom is -0.508 e. The molecule has 70 valence electrons. The van der Waals surface area contributed by atoms with Gasteiger partial charge >= 0.3 is 5.97 Å². The molecule has 0 saturated heterocycles. The van der Waals surface area contributed by atoms with Crippen LogP contribution >= 0.6 is 0 Å². The predicted molar refractivity (Wildman–Crippen MR) is 46.1 cm³/mol. The lowest BCUT2D eigenvalue weighted by Crippen LogP contribution is -1.97. The molecule has 0 aliphatic heterocycles. The number of carbonyl (C=O) groups is 1. The van der Waals surface area contributed by atoms with E-state index in [0.29, 0.717) is 12.0 Å². The predicted octanol–water partition coefficient (Wildman–Crippen LogP) is 1.36. The van der Waals surface area contributed by atoms with Crippen molar-refractivity contribution in [1.29, 1.82) is 0 Å². The number of phenolic OH excluding ortho intramolecular Hbond substituents is 2. The number of hydrogen-bond acceptors (Lipinski definition) is 3. The van der Waals surface area contributed by atoms with Gasteiger partial charge in [-0.15, -0.1) is 0 Å². The second-order valence-electron chi connectivity index (χ2n) is 2.65.